The largest absolute Gasteiger partial charge is 0.494 e. The second-order valence-corrected chi connectivity index (χ2v) is 7.60. The van der Waals surface area contributed by atoms with Gasteiger partial charge in [0.25, 0.3) is 0 Å². The Bertz CT molecular complexity index is 1130. The molecule has 0 atom stereocenters. The van der Waals surface area contributed by atoms with Crippen LogP contribution in [-0.4, -0.2) is 42.5 Å². The molecule has 168 valence electrons. The summed E-state index contributed by atoms with van der Waals surface area (Å²) in [4.78, 5) is 25.7. The number of hydrogen-bond donors (Lipinski definition) is 0. The molecule has 0 aliphatic heterocycles. The molecular weight excluding hydrogens is 408 g/mol. The number of methoxy groups -OCH3 is 2. The SMILES string of the molecule is CCOc1cc(C)c(-c2nn(-c3ccccc3)c(C(=O)OC)c2C(=O)OC)cc1C(C)C. The zero-order valence-corrected chi connectivity index (χ0v) is 19.3. The number of aryl methyl sites for hydroxylation is 1. The second kappa shape index (κ2) is 9.68. The van der Waals surface area contributed by atoms with E-state index < -0.39 is 11.9 Å². The van der Waals surface area contributed by atoms with Crippen molar-refractivity contribution in [2.75, 3.05) is 20.8 Å². The van der Waals surface area contributed by atoms with E-state index in [1.807, 2.05) is 44.2 Å². The molecule has 0 radical (unpaired) electrons. The number of esters is 2. The summed E-state index contributed by atoms with van der Waals surface area (Å²) >= 11 is 0. The van der Waals surface area contributed by atoms with Gasteiger partial charge in [-0.25, -0.2) is 14.3 Å². The Morgan fingerprint density at radius 2 is 1.69 bits per heavy atom. The number of hydrogen-bond acceptors (Lipinski definition) is 6. The van der Waals surface area contributed by atoms with Crippen molar-refractivity contribution in [1.29, 1.82) is 0 Å². The van der Waals surface area contributed by atoms with E-state index >= 15 is 0 Å². The number of aromatic nitrogens is 2. The Balaban J connectivity index is 2.39. The van der Waals surface area contributed by atoms with E-state index in [1.165, 1.54) is 18.9 Å². The van der Waals surface area contributed by atoms with E-state index in [0.29, 0.717) is 18.0 Å². The van der Waals surface area contributed by atoms with Crippen molar-refractivity contribution in [2.24, 2.45) is 0 Å². The lowest BCUT2D eigenvalue weighted by molar-refractivity contribution is 0.0549. The summed E-state index contributed by atoms with van der Waals surface area (Å²) in [6.07, 6.45) is 0. The van der Waals surface area contributed by atoms with Crippen LogP contribution in [0.15, 0.2) is 42.5 Å². The van der Waals surface area contributed by atoms with Crippen LogP contribution in [0.5, 0.6) is 5.75 Å². The lowest BCUT2D eigenvalue weighted by Crippen LogP contribution is -2.15. The predicted octanol–water partition coefficient (Wildman–Crippen LogP) is 4.94. The van der Waals surface area contributed by atoms with Gasteiger partial charge in [0.1, 0.15) is 17.0 Å². The molecule has 3 rings (SSSR count). The fourth-order valence-corrected chi connectivity index (χ4v) is 3.63. The van der Waals surface area contributed by atoms with Crippen LogP contribution >= 0.6 is 0 Å². The summed E-state index contributed by atoms with van der Waals surface area (Å²) < 4.78 is 17.3. The van der Waals surface area contributed by atoms with Crippen LogP contribution in [0.2, 0.25) is 0 Å². The monoisotopic (exact) mass is 436 g/mol. The summed E-state index contributed by atoms with van der Waals surface area (Å²) in [5, 5.41) is 4.70. The summed E-state index contributed by atoms with van der Waals surface area (Å²) in [6.45, 7) is 8.54. The first kappa shape index (κ1) is 23.1. The topological polar surface area (TPSA) is 79.7 Å². The van der Waals surface area contributed by atoms with Crippen LogP contribution in [-0.2, 0) is 9.47 Å². The minimum absolute atomic E-state index is 0.0138. The first-order valence-corrected chi connectivity index (χ1v) is 10.5. The molecule has 0 N–H and O–H groups in total. The maximum atomic E-state index is 12.9. The molecule has 0 aliphatic carbocycles. The molecule has 2 aromatic carbocycles. The van der Waals surface area contributed by atoms with Crippen molar-refractivity contribution in [1.82, 2.24) is 9.78 Å². The lowest BCUT2D eigenvalue weighted by Gasteiger charge is -2.17. The van der Waals surface area contributed by atoms with E-state index in [2.05, 4.69) is 13.8 Å². The number of carbonyl (C=O) groups excluding carboxylic acids is 2. The Labute approximate surface area is 187 Å². The van der Waals surface area contributed by atoms with Crippen LogP contribution in [0, 0.1) is 6.92 Å². The van der Waals surface area contributed by atoms with Crippen molar-refractivity contribution >= 4 is 11.9 Å². The van der Waals surface area contributed by atoms with Gasteiger partial charge in [0, 0.05) is 5.56 Å². The number of para-hydroxylation sites is 1. The van der Waals surface area contributed by atoms with E-state index in [0.717, 1.165) is 22.4 Å². The molecule has 3 aromatic rings. The highest BCUT2D eigenvalue weighted by atomic mass is 16.5. The minimum atomic E-state index is -0.680. The molecule has 7 nitrogen and oxygen atoms in total. The summed E-state index contributed by atoms with van der Waals surface area (Å²) in [7, 11) is 2.54. The fraction of sp³-hybridized carbons (Fsp3) is 0.320. The van der Waals surface area contributed by atoms with Gasteiger partial charge in [-0.05, 0) is 55.2 Å². The zero-order valence-electron chi connectivity index (χ0n) is 19.3. The zero-order chi connectivity index (χ0) is 23.4. The van der Waals surface area contributed by atoms with Gasteiger partial charge in [0.2, 0.25) is 0 Å². The molecule has 0 spiro atoms. The van der Waals surface area contributed by atoms with Gasteiger partial charge in [-0.3, -0.25) is 0 Å². The molecule has 0 bridgehead atoms. The van der Waals surface area contributed by atoms with Gasteiger partial charge in [-0.15, -0.1) is 0 Å². The molecule has 0 fully saturated rings. The van der Waals surface area contributed by atoms with E-state index in [9.17, 15) is 9.59 Å². The average Bonchev–Trinajstić information content (AvgIpc) is 3.19. The smallest absolute Gasteiger partial charge is 0.357 e. The Morgan fingerprint density at radius 3 is 2.25 bits per heavy atom. The third-order valence-electron chi connectivity index (χ3n) is 5.19. The second-order valence-electron chi connectivity index (χ2n) is 7.60. The molecular formula is C25H28N2O5. The predicted molar refractivity (Wildman–Crippen MR) is 122 cm³/mol. The van der Waals surface area contributed by atoms with E-state index in [-0.39, 0.29) is 17.2 Å². The number of benzene rings is 2. The molecule has 0 amide bonds. The van der Waals surface area contributed by atoms with Crippen molar-refractivity contribution in [2.45, 2.75) is 33.6 Å². The van der Waals surface area contributed by atoms with Gasteiger partial charge in [-0.1, -0.05) is 32.0 Å². The van der Waals surface area contributed by atoms with E-state index in [1.54, 1.807) is 12.1 Å². The van der Waals surface area contributed by atoms with Crippen LogP contribution < -0.4 is 4.74 Å². The average molecular weight is 437 g/mol. The van der Waals surface area contributed by atoms with Gasteiger partial charge in [-0.2, -0.15) is 5.10 Å². The van der Waals surface area contributed by atoms with Gasteiger partial charge in [0.05, 0.1) is 26.5 Å². The first-order valence-electron chi connectivity index (χ1n) is 10.5. The van der Waals surface area contributed by atoms with Crippen LogP contribution in [0.1, 0.15) is 58.7 Å². The van der Waals surface area contributed by atoms with Crippen molar-refractivity contribution in [3.63, 3.8) is 0 Å². The molecule has 7 heteroatoms. The number of rotatable bonds is 7. The molecule has 1 aromatic heterocycles. The maximum absolute atomic E-state index is 12.9. The van der Waals surface area contributed by atoms with Crippen molar-refractivity contribution < 1.29 is 23.8 Å². The fourth-order valence-electron chi connectivity index (χ4n) is 3.63. The summed E-state index contributed by atoms with van der Waals surface area (Å²) in [5.41, 5.74) is 3.61. The Hall–Kier alpha value is -3.61. The van der Waals surface area contributed by atoms with Crippen molar-refractivity contribution in [3.05, 3.63) is 64.8 Å². The van der Waals surface area contributed by atoms with Crippen LogP contribution in [0.3, 0.4) is 0 Å². The third kappa shape index (κ3) is 4.23. The van der Waals surface area contributed by atoms with Crippen LogP contribution in [0.25, 0.3) is 16.9 Å². The van der Waals surface area contributed by atoms with Gasteiger partial charge >= 0.3 is 11.9 Å². The third-order valence-corrected chi connectivity index (χ3v) is 5.19. The number of nitrogens with zero attached hydrogens (tertiary/aromatic N) is 2. The normalized spacial score (nSPS) is 10.8. The van der Waals surface area contributed by atoms with Crippen LogP contribution in [0.4, 0.5) is 0 Å². The quantitative estimate of drug-likeness (QED) is 0.488. The summed E-state index contributed by atoms with van der Waals surface area (Å²) in [6, 6.07) is 13.0. The number of carbonyl (C=O) groups is 2. The molecule has 0 saturated carbocycles. The Kier molecular flexibility index (Phi) is 6.98. The molecule has 0 aliphatic rings. The lowest BCUT2D eigenvalue weighted by atomic mass is 9.93. The first-order chi connectivity index (χ1) is 15.3. The van der Waals surface area contributed by atoms with E-state index in [4.69, 9.17) is 19.3 Å². The number of ether oxygens (including phenoxy) is 3. The molecule has 0 unspecified atom stereocenters. The summed E-state index contributed by atoms with van der Waals surface area (Å²) in [5.74, 6) is -0.379. The van der Waals surface area contributed by atoms with Gasteiger partial charge < -0.3 is 14.2 Å². The standard InChI is InChI=1S/C25H28N2O5/c1-7-32-20-13-16(4)19(14-18(20)15(2)3)22-21(24(28)30-5)23(25(29)31-6)27(26-22)17-11-9-8-10-12-17/h8-15H,7H2,1-6H3. The molecule has 1 heterocycles. The maximum Gasteiger partial charge on any atom is 0.357 e. The molecule has 0 saturated heterocycles. The van der Waals surface area contributed by atoms with Crippen molar-refractivity contribution in [3.8, 4) is 22.7 Å². The highest BCUT2D eigenvalue weighted by Crippen LogP contribution is 2.37. The minimum Gasteiger partial charge on any atom is -0.494 e. The highest BCUT2D eigenvalue weighted by molar-refractivity contribution is 6.07. The Morgan fingerprint density at radius 1 is 1.03 bits per heavy atom. The highest BCUT2D eigenvalue weighted by Gasteiger charge is 2.32. The molecule has 32 heavy (non-hydrogen) atoms. The van der Waals surface area contributed by atoms with Gasteiger partial charge in [0.15, 0.2) is 5.69 Å².